The van der Waals surface area contributed by atoms with Gasteiger partial charge in [0.15, 0.2) is 0 Å². The molecule has 1 aromatic heterocycles. The summed E-state index contributed by atoms with van der Waals surface area (Å²) in [5.74, 6) is 0.0192. The summed E-state index contributed by atoms with van der Waals surface area (Å²) < 4.78 is 0. The summed E-state index contributed by atoms with van der Waals surface area (Å²) in [6.07, 6.45) is 0. The second-order valence-electron chi connectivity index (χ2n) is 5.84. The number of benzene rings is 1. The lowest BCUT2D eigenvalue weighted by Gasteiger charge is -2.17. The minimum absolute atomic E-state index is 0.0192. The predicted molar refractivity (Wildman–Crippen MR) is 89.9 cm³/mol. The van der Waals surface area contributed by atoms with Crippen LogP contribution in [0.4, 0.5) is 5.69 Å². The maximum atomic E-state index is 12.0. The van der Waals surface area contributed by atoms with E-state index in [0.717, 1.165) is 32.3 Å². The molecule has 0 spiro atoms. The Hall–Kier alpha value is -1.03. The highest BCUT2D eigenvalue weighted by molar-refractivity contribution is 7.11. The molecule has 0 bridgehead atoms. The first kappa shape index (κ1) is 14.9. The van der Waals surface area contributed by atoms with Gasteiger partial charge in [-0.05, 0) is 48.9 Å². The van der Waals surface area contributed by atoms with E-state index in [4.69, 9.17) is 23.2 Å². The third-order valence-electron chi connectivity index (χ3n) is 3.98. The Morgan fingerprint density at radius 1 is 1.33 bits per heavy atom. The van der Waals surface area contributed by atoms with E-state index in [2.05, 4.69) is 5.32 Å². The molecule has 0 saturated heterocycles. The normalized spacial score (nSPS) is 17.5. The van der Waals surface area contributed by atoms with E-state index in [1.54, 1.807) is 11.3 Å². The maximum Gasteiger partial charge on any atom is 0.234 e. The minimum Gasteiger partial charge on any atom is -0.325 e. The number of thiophene rings is 1. The molecule has 2 heterocycles. The van der Waals surface area contributed by atoms with Gasteiger partial charge in [0.25, 0.3) is 0 Å². The molecular weight excluding hydrogens is 325 g/mol. The molecule has 1 N–H and O–H groups in total. The van der Waals surface area contributed by atoms with Gasteiger partial charge in [0.1, 0.15) is 0 Å². The van der Waals surface area contributed by atoms with Gasteiger partial charge in [0.2, 0.25) is 5.91 Å². The summed E-state index contributed by atoms with van der Waals surface area (Å²) in [7, 11) is 0. The van der Waals surface area contributed by atoms with Crippen molar-refractivity contribution >= 4 is 46.1 Å². The van der Waals surface area contributed by atoms with Crippen molar-refractivity contribution in [2.75, 3.05) is 5.32 Å². The standard InChI is InChI=1S/C16H15Cl2NOS/c1-8-7-21-14(12(8)17)13(18)9-4-5-11-10(6-9)16(2,3)15(20)19-11/h4-7,13H,1-3H3,(H,19,20). The van der Waals surface area contributed by atoms with E-state index >= 15 is 0 Å². The van der Waals surface area contributed by atoms with Crippen molar-refractivity contribution in [3.63, 3.8) is 0 Å². The molecule has 110 valence electrons. The van der Waals surface area contributed by atoms with Crippen LogP contribution in [0, 0.1) is 6.92 Å². The van der Waals surface area contributed by atoms with Crippen LogP contribution in [0.3, 0.4) is 0 Å². The number of aryl methyl sites for hydroxylation is 1. The lowest BCUT2D eigenvalue weighted by Crippen LogP contribution is -2.26. The van der Waals surface area contributed by atoms with Crippen molar-refractivity contribution in [3.05, 3.63) is 50.2 Å². The number of alkyl halides is 1. The predicted octanol–water partition coefficient (Wildman–Crippen LogP) is 5.27. The summed E-state index contributed by atoms with van der Waals surface area (Å²) in [4.78, 5) is 12.9. The van der Waals surface area contributed by atoms with Crippen LogP contribution < -0.4 is 5.32 Å². The molecule has 1 aromatic carbocycles. The number of anilines is 1. The molecule has 5 heteroatoms. The van der Waals surface area contributed by atoms with E-state index in [-0.39, 0.29) is 11.3 Å². The molecule has 1 atom stereocenters. The lowest BCUT2D eigenvalue weighted by molar-refractivity contribution is -0.119. The molecular formula is C16H15Cl2NOS. The Kier molecular flexibility index (Phi) is 3.55. The molecule has 0 radical (unpaired) electrons. The van der Waals surface area contributed by atoms with Crippen molar-refractivity contribution in [3.8, 4) is 0 Å². The van der Waals surface area contributed by atoms with Crippen LogP contribution in [0.25, 0.3) is 0 Å². The maximum absolute atomic E-state index is 12.0. The highest BCUT2D eigenvalue weighted by Crippen LogP contribution is 2.43. The average molecular weight is 340 g/mol. The van der Waals surface area contributed by atoms with Gasteiger partial charge in [-0.3, -0.25) is 4.79 Å². The zero-order chi connectivity index (χ0) is 15.4. The van der Waals surface area contributed by atoms with Crippen LogP contribution in [-0.2, 0) is 10.2 Å². The van der Waals surface area contributed by atoms with Gasteiger partial charge >= 0.3 is 0 Å². The van der Waals surface area contributed by atoms with Gasteiger partial charge in [-0.1, -0.05) is 23.7 Å². The van der Waals surface area contributed by atoms with Crippen molar-refractivity contribution in [1.29, 1.82) is 0 Å². The number of rotatable bonds is 2. The monoisotopic (exact) mass is 339 g/mol. The van der Waals surface area contributed by atoms with E-state index < -0.39 is 5.41 Å². The fourth-order valence-electron chi connectivity index (χ4n) is 2.52. The number of amides is 1. The molecule has 2 nitrogen and oxygen atoms in total. The van der Waals surface area contributed by atoms with Gasteiger partial charge in [-0.2, -0.15) is 0 Å². The molecule has 1 aliphatic heterocycles. The number of carbonyl (C=O) groups excluding carboxylic acids is 1. The average Bonchev–Trinajstić information content (AvgIpc) is 2.88. The lowest BCUT2D eigenvalue weighted by atomic mass is 9.85. The highest BCUT2D eigenvalue weighted by atomic mass is 35.5. The Bertz CT molecular complexity index is 736. The van der Waals surface area contributed by atoms with Gasteiger partial charge in [0, 0.05) is 10.6 Å². The second kappa shape index (κ2) is 5.01. The fourth-order valence-corrected chi connectivity index (χ4v) is 4.28. The summed E-state index contributed by atoms with van der Waals surface area (Å²) in [6.45, 7) is 5.81. The molecule has 1 aliphatic rings. The molecule has 0 fully saturated rings. The van der Waals surface area contributed by atoms with E-state index in [0.29, 0.717) is 0 Å². The summed E-state index contributed by atoms with van der Waals surface area (Å²) in [5, 5.41) is 5.35. The highest BCUT2D eigenvalue weighted by Gasteiger charge is 2.38. The third-order valence-corrected chi connectivity index (χ3v) is 6.36. The Morgan fingerprint density at radius 2 is 2.05 bits per heavy atom. The number of carbonyl (C=O) groups is 1. The molecule has 0 saturated carbocycles. The molecule has 1 amide bonds. The van der Waals surface area contributed by atoms with Crippen LogP contribution in [-0.4, -0.2) is 5.91 Å². The Labute approximate surface area is 138 Å². The van der Waals surface area contributed by atoms with Crippen molar-refractivity contribution in [2.24, 2.45) is 0 Å². The van der Waals surface area contributed by atoms with Gasteiger partial charge in [-0.15, -0.1) is 22.9 Å². The van der Waals surface area contributed by atoms with Crippen LogP contribution in [0.15, 0.2) is 23.6 Å². The Morgan fingerprint density at radius 3 is 2.67 bits per heavy atom. The number of hydrogen-bond donors (Lipinski definition) is 1. The van der Waals surface area contributed by atoms with Crippen LogP contribution in [0.2, 0.25) is 5.02 Å². The third kappa shape index (κ3) is 2.28. The molecule has 3 rings (SSSR count). The summed E-state index contributed by atoms with van der Waals surface area (Å²) in [5.41, 5.74) is 3.33. The zero-order valence-electron chi connectivity index (χ0n) is 12.0. The number of halogens is 2. The van der Waals surface area contributed by atoms with Crippen LogP contribution >= 0.6 is 34.5 Å². The minimum atomic E-state index is -0.531. The second-order valence-corrected chi connectivity index (χ2v) is 7.57. The molecule has 1 unspecified atom stereocenters. The molecule has 0 aliphatic carbocycles. The number of fused-ring (bicyclic) bond motifs is 1. The fraction of sp³-hybridized carbons (Fsp3) is 0.312. The van der Waals surface area contributed by atoms with Crippen molar-refractivity contribution < 1.29 is 4.79 Å². The van der Waals surface area contributed by atoms with Gasteiger partial charge in [-0.25, -0.2) is 0 Å². The molecule has 2 aromatic rings. The first-order chi connectivity index (χ1) is 9.82. The van der Waals surface area contributed by atoms with Crippen LogP contribution in [0.1, 0.15) is 40.8 Å². The van der Waals surface area contributed by atoms with Crippen molar-refractivity contribution in [1.82, 2.24) is 0 Å². The van der Waals surface area contributed by atoms with E-state index in [1.165, 1.54) is 0 Å². The first-order valence-corrected chi connectivity index (χ1v) is 8.35. The first-order valence-electron chi connectivity index (χ1n) is 6.66. The van der Waals surface area contributed by atoms with E-state index in [1.807, 2.05) is 44.4 Å². The quantitative estimate of drug-likeness (QED) is 0.742. The van der Waals surface area contributed by atoms with Crippen molar-refractivity contribution in [2.45, 2.75) is 31.6 Å². The number of nitrogens with one attached hydrogen (secondary N) is 1. The topological polar surface area (TPSA) is 29.1 Å². The van der Waals surface area contributed by atoms with Gasteiger partial charge < -0.3 is 5.32 Å². The largest absolute Gasteiger partial charge is 0.325 e. The van der Waals surface area contributed by atoms with Crippen LogP contribution in [0.5, 0.6) is 0 Å². The number of hydrogen-bond acceptors (Lipinski definition) is 2. The smallest absolute Gasteiger partial charge is 0.234 e. The Balaban J connectivity index is 2.04. The zero-order valence-corrected chi connectivity index (χ0v) is 14.3. The molecule has 21 heavy (non-hydrogen) atoms. The summed E-state index contributed by atoms with van der Waals surface area (Å²) >= 11 is 14.5. The van der Waals surface area contributed by atoms with Gasteiger partial charge in [0.05, 0.1) is 15.8 Å². The summed E-state index contributed by atoms with van der Waals surface area (Å²) in [6, 6.07) is 5.88. The SMILES string of the molecule is Cc1csc(C(Cl)c2ccc3c(c2)C(C)(C)C(=O)N3)c1Cl. The van der Waals surface area contributed by atoms with E-state index in [9.17, 15) is 4.79 Å².